The summed E-state index contributed by atoms with van der Waals surface area (Å²) in [5.74, 6) is -0.725. The molecular formula is C24H30BrN3O3. The average molecular weight is 488 g/mol. The molecular weight excluding hydrogens is 458 g/mol. The normalized spacial score (nSPS) is 16.0. The fourth-order valence-electron chi connectivity index (χ4n) is 3.79. The van der Waals surface area contributed by atoms with Gasteiger partial charge in [0.15, 0.2) is 0 Å². The van der Waals surface area contributed by atoms with Gasteiger partial charge in [0.1, 0.15) is 6.10 Å². The Labute approximate surface area is 192 Å². The number of amides is 2. The number of carbonyl (C=O) groups is 2. The number of halogens is 1. The zero-order chi connectivity index (χ0) is 22.5. The highest BCUT2D eigenvalue weighted by molar-refractivity contribution is 9.10. The second-order valence-corrected chi connectivity index (χ2v) is 9.08. The van der Waals surface area contributed by atoms with Gasteiger partial charge in [-0.2, -0.15) is 0 Å². The van der Waals surface area contributed by atoms with Crippen molar-refractivity contribution in [3.8, 4) is 0 Å². The number of benzene rings is 2. The second kappa shape index (κ2) is 10.3. The van der Waals surface area contributed by atoms with Gasteiger partial charge in [-0.15, -0.1) is 0 Å². The number of nitrogens with zero attached hydrogens (tertiary/aromatic N) is 2. The van der Waals surface area contributed by atoms with Gasteiger partial charge in [-0.1, -0.05) is 40.2 Å². The van der Waals surface area contributed by atoms with Crippen LogP contribution in [-0.4, -0.2) is 54.1 Å². The Morgan fingerprint density at radius 3 is 2.35 bits per heavy atom. The topological polar surface area (TPSA) is 72.9 Å². The minimum atomic E-state index is -1.36. The summed E-state index contributed by atoms with van der Waals surface area (Å²) in [7, 11) is 0. The first-order valence-corrected chi connectivity index (χ1v) is 11.4. The predicted octanol–water partition coefficient (Wildman–Crippen LogP) is 3.34. The Morgan fingerprint density at radius 1 is 1.06 bits per heavy atom. The molecule has 2 aromatic rings. The van der Waals surface area contributed by atoms with Crippen LogP contribution in [0.1, 0.15) is 36.1 Å². The van der Waals surface area contributed by atoms with Crippen LogP contribution in [0.5, 0.6) is 0 Å². The molecule has 1 aliphatic rings. The number of nitrogens with one attached hydrogen (secondary N) is 1. The minimum Gasteiger partial charge on any atom is -0.383 e. The molecule has 0 aromatic heterocycles. The zero-order valence-corrected chi connectivity index (χ0v) is 19.9. The summed E-state index contributed by atoms with van der Waals surface area (Å²) in [6.07, 6.45) is -1.56. The average Bonchev–Trinajstić information content (AvgIpc) is 2.75. The van der Waals surface area contributed by atoms with Crippen molar-refractivity contribution in [2.24, 2.45) is 0 Å². The smallest absolute Gasteiger partial charge is 0.249 e. The molecule has 0 bridgehead atoms. The van der Waals surface area contributed by atoms with Crippen LogP contribution in [0.3, 0.4) is 0 Å². The molecule has 0 radical (unpaired) electrons. The van der Waals surface area contributed by atoms with E-state index in [1.54, 1.807) is 4.90 Å². The Balaban J connectivity index is 1.49. The maximum atomic E-state index is 12.6. The minimum absolute atomic E-state index is 0.195. The third-order valence-corrected chi connectivity index (χ3v) is 6.27. The fourth-order valence-corrected chi connectivity index (χ4v) is 4.05. The highest BCUT2D eigenvalue weighted by atomic mass is 79.9. The van der Waals surface area contributed by atoms with Crippen LogP contribution >= 0.6 is 15.9 Å². The maximum Gasteiger partial charge on any atom is 0.249 e. The summed E-state index contributed by atoms with van der Waals surface area (Å²) in [4.78, 5) is 29.0. The molecule has 0 unspecified atom stereocenters. The van der Waals surface area contributed by atoms with E-state index >= 15 is 0 Å². The van der Waals surface area contributed by atoms with Crippen LogP contribution in [0.4, 0.5) is 5.69 Å². The lowest BCUT2D eigenvalue weighted by Gasteiger charge is -2.37. The van der Waals surface area contributed by atoms with Crippen molar-refractivity contribution in [2.75, 3.05) is 31.1 Å². The molecule has 1 heterocycles. The number of carbonyl (C=O) groups excluding carboxylic acids is 2. The molecule has 1 fully saturated rings. The SMILES string of the molecule is Cc1ccc(C)c(N2CCN(C(=O)C[C@@H](O)C(=O)N[C@@H](C)c3ccc(Br)cc3)CC2)c1. The van der Waals surface area contributed by atoms with Crippen LogP contribution in [0.15, 0.2) is 46.9 Å². The molecule has 31 heavy (non-hydrogen) atoms. The highest BCUT2D eigenvalue weighted by Crippen LogP contribution is 2.23. The molecule has 0 spiro atoms. The summed E-state index contributed by atoms with van der Waals surface area (Å²) in [6, 6.07) is 13.7. The van der Waals surface area contributed by atoms with Crippen molar-refractivity contribution in [3.63, 3.8) is 0 Å². The lowest BCUT2D eigenvalue weighted by atomic mass is 10.1. The summed E-state index contributed by atoms with van der Waals surface area (Å²) in [6.45, 7) is 8.65. The van der Waals surface area contributed by atoms with Gasteiger partial charge in [-0.05, 0) is 55.7 Å². The maximum absolute atomic E-state index is 12.6. The summed E-state index contributed by atoms with van der Waals surface area (Å²) in [5, 5.41) is 13.1. The van der Waals surface area contributed by atoms with Crippen molar-refractivity contribution in [1.29, 1.82) is 0 Å². The van der Waals surface area contributed by atoms with E-state index in [4.69, 9.17) is 0 Å². The molecule has 6 nitrogen and oxygen atoms in total. The predicted molar refractivity (Wildman–Crippen MR) is 126 cm³/mol. The second-order valence-electron chi connectivity index (χ2n) is 8.16. The summed E-state index contributed by atoms with van der Waals surface area (Å²) < 4.78 is 0.957. The standard InChI is InChI=1S/C24H30BrN3O3/c1-16-4-5-17(2)21(14-16)27-10-12-28(13-11-27)23(30)15-22(29)24(31)26-18(3)19-6-8-20(25)9-7-19/h4-9,14,18,22,29H,10-13,15H2,1-3H3,(H,26,31)/t18-,22+/m0/s1. The number of aliphatic hydroxyl groups is 1. The number of anilines is 1. The molecule has 7 heteroatoms. The summed E-state index contributed by atoms with van der Waals surface area (Å²) >= 11 is 3.38. The number of aliphatic hydroxyl groups excluding tert-OH is 1. The number of hydrogen-bond acceptors (Lipinski definition) is 4. The van der Waals surface area contributed by atoms with Crippen LogP contribution < -0.4 is 10.2 Å². The number of hydrogen-bond donors (Lipinski definition) is 2. The molecule has 0 saturated carbocycles. The lowest BCUT2D eigenvalue weighted by Crippen LogP contribution is -2.50. The monoisotopic (exact) mass is 487 g/mol. The molecule has 2 N–H and O–H groups in total. The zero-order valence-electron chi connectivity index (χ0n) is 18.3. The molecule has 2 amide bonds. The van der Waals surface area contributed by atoms with Gasteiger partial charge in [-0.3, -0.25) is 9.59 Å². The Hall–Kier alpha value is -2.38. The van der Waals surface area contributed by atoms with Crippen LogP contribution in [0, 0.1) is 13.8 Å². The van der Waals surface area contributed by atoms with Gasteiger partial charge in [0.05, 0.1) is 12.5 Å². The van der Waals surface area contributed by atoms with Crippen LogP contribution in [0.25, 0.3) is 0 Å². The van der Waals surface area contributed by atoms with E-state index in [0.29, 0.717) is 13.1 Å². The van der Waals surface area contributed by atoms with Crippen molar-refractivity contribution >= 4 is 33.4 Å². The van der Waals surface area contributed by atoms with Crippen LogP contribution in [0.2, 0.25) is 0 Å². The first kappa shape index (κ1) is 23.3. The number of piperazine rings is 1. The summed E-state index contributed by atoms with van der Waals surface area (Å²) in [5.41, 5.74) is 4.56. The molecule has 1 aliphatic heterocycles. The van der Waals surface area contributed by atoms with Gasteiger partial charge in [-0.25, -0.2) is 0 Å². The van der Waals surface area contributed by atoms with Gasteiger partial charge >= 0.3 is 0 Å². The molecule has 1 saturated heterocycles. The molecule has 166 valence electrons. The Kier molecular flexibility index (Phi) is 7.73. The largest absolute Gasteiger partial charge is 0.383 e. The van der Waals surface area contributed by atoms with Crippen molar-refractivity contribution in [2.45, 2.75) is 39.3 Å². The van der Waals surface area contributed by atoms with Crippen molar-refractivity contribution < 1.29 is 14.7 Å². The van der Waals surface area contributed by atoms with E-state index in [0.717, 1.165) is 23.1 Å². The molecule has 2 atom stereocenters. The Morgan fingerprint density at radius 2 is 1.71 bits per heavy atom. The lowest BCUT2D eigenvalue weighted by molar-refractivity contribution is -0.140. The van der Waals surface area contributed by atoms with Gasteiger partial charge < -0.3 is 20.2 Å². The van der Waals surface area contributed by atoms with Crippen molar-refractivity contribution in [3.05, 3.63) is 63.6 Å². The van der Waals surface area contributed by atoms with Gasteiger partial charge in [0.25, 0.3) is 0 Å². The Bertz CT molecular complexity index is 924. The van der Waals surface area contributed by atoms with Gasteiger partial charge in [0, 0.05) is 36.3 Å². The van der Waals surface area contributed by atoms with E-state index in [1.165, 1.54) is 16.8 Å². The third-order valence-electron chi connectivity index (χ3n) is 5.74. The van der Waals surface area contributed by atoms with E-state index in [2.05, 4.69) is 58.2 Å². The fraction of sp³-hybridized carbons (Fsp3) is 0.417. The number of aryl methyl sites for hydroxylation is 2. The van der Waals surface area contributed by atoms with E-state index < -0.39 is 12.0 Å². The first-order valence-electron chi connectivity index (χ1n) is 10.6. The van der Waals surface area contributed by atoms with Crippen molar-refractivity contribution in [1.82, 2.24) is 10.2 Å². The molecule has 0 aliphatic carbocycles. The van der Waals surface area contributed by atoms with E-state index in [9.17, 15) is 14.7 Å². The quantitative estimate of drug-likeness (QED) is 0.655. The van der Waals surface area contributed by atoms with Gasteiger partial charge in [0.2, 0.25) is 11.8 Å². The van der Waals surface area contributed by atoms with E-state index in [1.807, 2.05) is 31.2 Å². The third kappa shape index (κ3) is 6.08. The number of rotatable bonds is 6. The highest BCUT2D eigenvalue weighted by Gasteiger charge is 2.27. The van der Waals surface area contributed by atoms with Crippen LogP contribution in [-0.2, 0) is 9.59 Å². The molecule has 3 rings (SSSR count). The first-order chi connectivity index (χ1) is 14.7. The van der Waals surface area contributed by atoms with E-state index in [-0.39, 0.29) is 18.4 Å². The molecule has 2 aromatic carbocycles.